The monoisotopic (exact) mass is 367 g/mol. The van der Waals surface area contributed by atoms with E-state index < -0.39 is 17.4 Å². The number of hydrogen-bond acceptors (Lipinski definition) is 3. The maximum Gasteiger partial charge on any atom is 0.254 e. The van der Waals surface area contributed by atoms with E-state index in [9.17, 15) is 14.4 Å². The number of carbonyl (C=O) groups is 3. The molecule has 0 aliphatic heterocycles. The SMILES string of the molecule is C[C@H](NC(=O)c1ccccc1NC(=O)C(C)(C)C)C(=O)Nc1ccccc1. The molecule has 0 fully saturated rings. The van der Waals surface area contributed by atoms with Crippen LogP contribution in [0.25, 0.3) is 0 Å². The number of benzene rings is 2. The largest absolute Gasteiger partial charge is 0.340 e. The summed E-state index contributed by atoms with van der Waals surface area (Å²) < 4.78 is 0. The Hall–Kier alpha value is -3.15. The van der Waals surface area contributed by atoms with E-state index in [1.54, 1.807) is 64.1 Å². The Morgan fingerprint density at radius 1 is 0.852 bits per heavy atom. The van der Waals surface area contributed by atoms with E-state index in [1.165, 1.54) is 0 Å². The lowest BCUT2D eigenvalue weighted by Crippen LogP contribution is -2.42. The molecule has 0 heterocycles. The predicted molar refractivity (Wildman–Crippen MR) is 107 cm³/mol. The fourth-order valence-corrected chi connectivity index (χ4v) is 2.21. The van der Waals surface area contributed by atoms with Gasteiger partial charge in [-0.1, -0.05) is 51.1 Å². The van der Waals surface area contributed by atoms with Crippen molar-refractivity contribution in [3.63, 3.8) is 0 Å². The number of hydrogen-bond donors (Lipinski definition) is 3. The topological polar surface area (TPSA) is 87.3 Å². The Balaban J connectivity index is 2.07. The Kier molecular flexibility index (Phi) is 6.34. The van der Waals surface area contributed by atoms with Gasteiger partial charge in [0.25, 0.3) is 5.91 Å². The summed E-state index contributed by atoms with van der Waals surface area (Å²) in [7, 11) is 0. The molecule has 0 saturated carbocycles. The van der Waals surface area contributed by atoms with Gasteiger partial charge in [0.2, 0.25) is 11.8 Å². The van der Waals surface area contributed by atoms with Crippen LogP contribution < -0.4 is 16.0 Å². The van der Waals surface area contributed by atoms with Crippen molar-refractivity contribution in [3.8, 4) is 0 Å². The summed E-state index contributed by atoms with van der Waals surface area (Å²) in [6, 6.07) is 15.0. The first-order valence-electron chi connectivity index (χ1n) is 8.76. The average molecular weight is 367 g/mol. The lowest BCUT2D eigenvalue weighted by Gasteiger charge is -2.20. The van der Waals surface area contributed by atoms with Crippen molar-refractivity contribution < 1.29 is 14.4 Å². The third-order valence-electron chi connectivity index (χ3n) is 3.88. The molecular formula is C21H25N3O3. The highest BCUT2D eigenvalue weighted by molar-refractivity contribution is 6.06. The van der Waals surface area contributed by atoms with Gasteiger partial charge in [0, 0.05) is 11.1 Å². The molecule has 2 aromatic rings. The van der Waals surface area contributed by atoms with Crippen molar-refractivity contribution >= 4 is 29.1 Å². The lowest BCUT2D eigenvalue weighted by molar-refractivity contribution is -0.123. The molecule has 0 aromatic heterocycles. The van der Waals surface area contributed by atoms with Gasteiger partial charge in [-0.3, -0.25) is 14.4 Å². The molecule has 0 aliphatic carbocycles. The maximum absolute atomic E-state index is 12.6. The molecule has 0 unspecified atom stereocenters. The number of rotatable bonds is 5. The van der Waals surface area contributed by atoms with Crippen molar-refractivity contribution in [1.29, 1.82) is 0 Å². The standard InChI is InChI=1S/C21H25N3O3/c1-14(18(25)23-15-10-6-5-7-11-15)22-19(26)16-12-8-9-13-17(16)24-20(27)21(2,3)4/h5-14H,1-4H3,(H,22,26)(H,23,25)(H,24,27)/t14-/m0/s1. The molecule has 0 spiro atoms. The number of amides is 3. The van der Waals surface area contributed by atoms with E-state index in [4.69, 9.17) is 0 Å². The number of carbonyl (C=O) groups excluding carboxylic acids is 3. The van der Waals surface area contributed by atoms with E-state index in [1.807, 2.05) is 18.2 Å². The Morgan fingerprint density at radius 3 is 2.07 bits per heavy atom. The van der Waals surface area contributed by atoms with Crippen molar-refractivity contribution in [2.45, 2.75) is 33.7 Å². The van der Waals surface area contributed by atoms with Crippen LogP contribution in [-0.4, -0.2) is 23.8 Å². The molecule has 2 rings (SSSR count). The minimum atomic E-state index is -0.746. The minimum Gasteiger partial charge on any atom is -0.340 e. The third kappa shape index (κ3) is 5.67. The van der Waals surface area contributed by atoms with Crippen molar-refractivity contribution in [2.24, 2.45) is 5.41 Å². The molecular weight excluding hydrogens is 342 g/mol. The molecule has 0 aliphatic rings. The molecule has 0 saturated heterocycles. The third-order valence-corrected chi connectivity index (χ3v) is 3.88. The van der Waals surface area contributed by atoms with Crippen LogP contribution in [0.1, 0.15) is 38.1 Å². The highest BCUT2D eigenvalue weighted by Gasteiger charge is 2.24. The van der Waals surface area contributed by atoms with Gasteiger partial charge < -0.3 is 16.0 Å². The number of para-hydroxylation sites is 2. The van der Waals surface area contributed by atoms with Crippen LogP contribution in [0.2, 0.25) is 0 Å². The molecule has 0 radical (unpaired) electrons. The van der Waals surface area contributed by atoms with Crippen molar-refractivity contribution in [3.05, 3.63) is 60.2 Å². The highest BCUT2D eigenvalue weighted by atomic mass is 16.2. The fraction of sp³-hybridized carbons (Fsp3) is 0.286. The molecule has 6 heteroatoms. The lowest BCUT2D eigenvalue weighted by atomic mass is 9.95. The van der Waals surface area contributed by atoms with Crippen LogP contribution in [0, 0.1) is 5.41 Å². The van der Waals surface area contributed by atoms with Crippen LogP contribution >= 0.6 is 0 Å². The van der Waals surface area contributed by atoms with Gasteiger partial charge in [-0.15, -0.1) is 0 Å². The van der Waals surface area contributed by atoms with E-state index in [-0.39, 0.29) is 11.8 Å². The quantitative estimate of drug-likeness (QED) is 0.757. The summed E-state index contributed by atoms with van der Waals surface area (Å²) in [5.41, 5.74) is 0.772. The molecule has 3 amide bonds. The van der Waals surface area contributed by atoms with Gasteiger partial charge in [0.15, 0.2) is 0 Å². The number of nitrogens with one attached hydrogen (secondary N) is 3. The van der Waals surface area contributed by atoms with Crippen LogP contribution in [-0.2, 0) is 9.59 Å². The Labute approximate surface area is 159 Å². The Morgan fingerprint density at radius 2 is 1.44 bits per heavy atom. The summed E-state index contributed by atoms with van der Waals surface area (Å²) in [6.45, 7) is 6.98. The van der Waals surface area contributed by atoms with Gasteiger partial charge in [-0.25, -0.2) is 0 Å². The molecule has 3 N–H and O–H groups in total. The zero-order valence-electron chi connectivity index (χ0n) is 16.0. The van der Waals surface area contributed by atoms with Crippen LogP contribution in [0.4, 0.5) is 11.4 Å². The second-order valence-electron chi connectivity index (χ2n) is 7.30. The normalized spacial score (nSPS) is 12.0. The first-order valence-corrected chi connectivity index (χ1v) is 8.76. The first kappa shape index (κ1) is 20.2. The van der Waals surface area contributed by atoms with E-state index in [0.717, 1.165) is 0 Å². The van der Waals surface area contributed by atoms with Gasteiger partial charge in [-0.05, 0) is 31.2 Å². The summed E-state index contributed by atoms with van der Waals surface area (Å²) in [5, 5.41) is 8.18. The van der Waals surface area contributed by atoms with Crippen LogP contribution in [0.3, 0.4) is 0 Å². The second kappa shape index (κ2) is 8.49. The van der Waals surface area contributed by atoms with Gasteiger partial charge in [0.05, 0.1) is 11.3 Å². The maximum atomic E-state index is 12.6. The summed E-state index contributed by atoms with van der Waals surface area (Å²) in [5.74, 6) is -0.959. The first-order chi connectivity index (χ1) is 12.7. The average Bonchev–Trinajstić information content (AvgIpc) is 2.62. The zero-order valence-corrected chi connectivity index (χ0v) is 16.0. The molecule has 1 atom stereocenters. The molecule has 2 aromatic carbocycles. The summed E-state index contributed by atoms with van der Waals surface area (Å²) >= 11 is 0. The van der Waals surface area contributed by atoms with E-state index >= 15 is 0 Å². The number of anilines is 2. The van der Waals surface area contributed by atoms with Gasteiger partial charge in [0.1, 0.15) is 6.04 Å². The van der Waals surface area contributed by atoms with E-state index in [2.05, 4.69) is 16.0 Å². The highest BCUT2D eigenvalue weighted by Crippen LogP contribution is 2.20. The zero-order chi connectivity index (χ0) is 20.0. The fourth-order valence-electron chi connectivity index (χ4n) is 2.21. The van der Waals surface area contributed by atoms with Crippen LogP contribution in [0.5, 0.6) is 0 Å². The minimum absolute atomic E-state index is 0.197. The molecule has 6 nitrogen and oxygen atoms in total. The second-order valence-corrected chi connectivity index (χ2v) is 7.30. The molecule has 0 bridgehead atoms. The van der Waals surface area contributed by atoms with E-state index in [0.29, 0.717) is 16.9 Å². The van der Waals surface area contributed by atoms with Crippen LogP contribution in [0.15, 0.2) is 54.6 Å². The van der Waals surface area contributed by atoms with Gasteiger partial charge >= 0.3 is 0 Å². The smallest absolute Gasteiger partial charge is 0.254 e. The predicted octanol–water partition coefficient (Wildman–Crippen LogP) is 3.43. The molecule has 27 heavy (non-hydrogen) atoms. The summed E-state index contributed by atoms with van der Waals surface area (Å²) in [4.78, 5) is 37.1. The summed E-state index contributed by atoms with van der Waals surface area (Å²) in [6.07, 6.45) is 0. The van der Waals surface area contributed by atoms with Crippen molar-refractivity contribution in [1.82, 2.24) is 5.32 Å². The van der Waals surface area contributed by atoms with Gasteiger partial charge in [-0.2, -0.15) is 0 Å². The Bertz CT molecular complexity index is 826. The van der Waals surface area contributed by atoms with Crippen molar-refractivity contribution in [2.75, 3.05) is 10.6 Å². The molecule has 142 valence electrons.